The third-order valence-corrected chi connectivity index (χ3v) is 5.19. The van der Waals surface area contributed by atoms with Gasteiger partial charge in [0.2, 0.25) is 0 Å². The molecule has 1 heterocycles. The Morgan fingerprint density at radius 2 is 2.04 bits per heavy atom. The Balaban J connectivity index is 1.80. The van der Waals surface area contributed by atoms with Gasteiger partial charge in [0.05, 0.1) is 0 Å². The van der Waals surface area contributed by atoms with Gasteiger partial charge >= 0.3 is 6.03 Å². The molecule has 120 valence electrons. The lowest BCUT2D eigenvalue weighted by Gasteiger charge is -2.25. The monoisotopic (exact) mass is 330 g/mol. The van der Waals surface area contributed by atoms with E-state index >= 15 is 0 Å². The molecule has 3 rings (SSSR count). The van der Waals surface area contributed by atoms with Gasteiger partial charge in [-0.2, -0.15) is 0 Å². The molecule has 2 aromatic carbocycles. The summed E-state index contributed by atoms with van der Waals surface area (Å²) in [6, 6.07) is 12.4. The van der Waals surface area contributed by atoms with Crippen LogP contribution < -0.4 is 5.32 Å². The fourth-order valence-corrected chi connectivity index (χ4v) is 4.03. The summed E-state index contributed by atoms with van der Waals surface area (Å²) in [5, 5.41) is 2.67. The number of rotatable bonds is 2. The number of aryl methyl sites for hydroxylation is 2. The Morgan fingerprint density at radius 1 is 1.26 bits per heavy atom. The number of thioether (sulfide) groups is 1. The van der Waals surface area contributed by atoms with E-state index in [0.29, 0.717) is 12.1 Å². The van der Waals surface area contributed by atoms with E-state index in [2.05, 4.69) is 5.32 Å². The van der Waals surface area contributed by atoms with Crippen LogP contribution in [0.25, 0.3) is 0 Å². The number of nitrogens with zero attached hydrogens (tertiary/aromatic N) is 1. The van der Waals surface area contributed by atoms with Crippen LogP contribution in [0.15, 0.2) is 42.5 Å². The first-order chi connectivity index (χ1) is 11.1. The molecule has 1 fully saturated rings. The van der Waals surface area contributed by atoms with Crippen molar-refractivity contribution in [1.29, 1.82) is 0 Å². The largest absolute Gasteiger partial charge is 0.323 e. The van der Waals surface area contributed by atoms with Gasteiger partial charge in [-0.25, -0.2) is 9.18 Å². The first kappa shape index (κ1) is 15.9. The first-order valence-electron chi connectivity index (χ1n) is 7.57. The van der Waals surface area contributed by atoms with Crippen molar-refractivity contribution < 1.29 is 9.18 Å². The zero-order valence-corrected chi connectivity index (χ0v) is 14.0. The first-order valence-corrected chi connectivity index (χ1v) is 8.62. The minimum Gasteiger partial charge on any atom is -0.308 e. The van der Waals surface area contributed by atoms with Crippen LogP contribution in [0.4, 0.5) is 14.9 Å². The van der Waals surface area contributed by atoms with Gasteiger partial charge in [-0.3, -0.25) is 0 Å². The smallest absolute Gasteiger partial charge is 0.308 e. The van der Waals surface area contributed by atoms with Crippen molar-refractivity contribution in [3.63, 3.8) is 0 Å². The maximum Gasteiger partial charge on any atom is 0.323 e. The predicted octanol–water partition coefficient (Wildman–Crippen LogP) is 4.72. The summed E-state index contributed by atoms with van der Waals surface area (Å²) in [5.41, 5.74) is 3.53. The SMILES string of the molecule is Cc1ccc(NC(=O)N2CCS[C@H]2c2ccccc2F)c(C)c1. The van der Waals surface area contributed by atoms with Crippen LogP contribution in [0.1, 0.15) is 22.1 Å². The van der Waals surface area contributed by atoms with Crippen LogP contribution in [0.5, 0.6) is 0 Å². The highest BCUT2D eigenvalue weighted by Gasteiger charge is 2.32. The standard InChI is InChI=1S/C18H19FN2OS/c1-12-7-8-16(13(2)11-12)20-18(22)21-9-10-23-17(21)14-5-3-4-6-15(14)19/h3-8,11,17H,9-10H2,1-2H3,(H,20,22)/t17-/m0/s1. The zero-order chi connectivity index (χ0) is 16.4. The summed E-state index contributed by atoms with van der Waals surface area (Å²) in [7, 11) is 0. The van der Waals surface area contributed by atoms with E-state index in [1.54, 1.807) is 34.9 Å². The average molecular weight is 330 g/mol. The number of urea groups is 1. The summed E-state index contributed by atoms with van der Waals surface area (Å²) in [6.07, 6.45) is 0. The highest BCUT2D eigenvalue weighted by atomic mass is 32.2. The molecule has 0 unspecified atom stereocenters. The fourth-order valence-electron chi connectivity index (χ4n) is 2.75. The number of hydrogen-bond acceptors (Lipinski definition) is 2. The molecule has 5 heteroatoms. The summed E-state index contributed by atoms with van der Waals surface area (Å²) in [4.78, 5) is 14.3. The molecule has 0 saturated carbocycles. The van der Waals surface area contributed by atoms with Crippen LogP contribution in [0.3, 0.4) is 0 Å². The molecule has 2 aromatic rings. The maximum absolute atomic E-state index is 14.0. The van der Waals surface area contributed by atoms with Crippen LogP contribution >= 0.6 is 11.8 Å². The lowest BCUT2D eigenvalue weighted by molar-refractivity contribution is 0.213. The molecule has 0 bridgehead atoms. The second kappa shape index (κ2) is 6.62. The number of hydrogen-bond donors (Lipinski definition) is 1. The lowest BCUT2D eigenvalue weighted by Crippen LogP contribution is -2.34. The summed E-state index contributed by atoms with van der Waals surface area (Å²) < 4.78 is 14.0. The van der Waals surface area contributed by atoms with Gasteiger partial charge < -0.3 is 10.2 Å². The third kappa shape index (κ3) is 3.34. The molecule has 1 aliphatic heterocycles. The second-order valence-electron chi connectivity index (χ2n) is 5.69. The molecule has 2 amide bonds. The number of anilines is 1. The van der Waals surface area contributed by atoms with Gasteiger partial charge in [-0.1, -0.05) is 35.9 Å². The number of amides is 2. The van der Waals surface area contributed by atoms with Gasteiger partial charge in [0.1, 0.15) is 11.2 Å². The molecule has 0 spiro atoms. The van der Waals surface area contributed by atoms with Crippen molar-refractivity contribution in [2.24, 2.45) is 0 Å². The number of nitrogens with one attached hydrogen (secondary N) is 1. The predicted molar refractivity (Wildman–Crippen MR) is 93.2 cm³/mol. The molecule has 1 aliphatic rings. The minimum atomic E-state index is -0.276. The van der Waals surface area contributed by atoms with Crippen LogP contribution in [0.2, 0.25) is 0 Å². The topological polar surface area (TPSA) is 32.3 Å². The highest BCUT2D eigenvalue weighted by molar-refractivity contribution is 7.99. The highest BCUT2D eigenvalue weighted by Crippen LogP contribution is 2.39. The van der Waals surface area contributed by atoms with E-state index in [0.717, 1.165) is 22.6 Å². The van der Waals surface area contributed by atoms with Crippen molar-refractivity contribution in [2.75, 3.05) is 17.6 Å². The van der Waals surface area contributed by atoms with Gasteiger partial charge in [0.25, 0.3) is 0 Å². The number of halogens is 1. The second-order valence-corrected chi connectivity index (χ2v) is 6.87. The molecule has 1 atom stereocenters. The van der Waals surface area contributed by atoms with E-state index in [9.17, 15) is 9.18 Å². The van der Waals surface area contributed by atoms with E-state index in [1.807, 2.05) is 32.0 Å². The minimum absolute atomic E-state index is 0.185. The molecule has 0 aliphatic carbocycles. The molecule has 0 radical (unpaired) electrons. The molecule has 23 heavy (non-hydrogen) atoms. The molecule has 3 nitrogen and oxygen atoms in total. The quantitative estimate of drug-likeness (QED) is 0.864. The number of carbonyl (C=O) groups excluding carboxylic acids is 1. The molecular weight excluding hydrogens is 311 g/mol. The summed E-state index contributed by atoms with van der Waals surface area (Å²) >= 11 is 1.59. The van der Waals surface area contributed by atoms with Crippen molar-refractivity contribution in [3.05, 3.63) is 65.0 Å². The zero-order valence-electron chi connectivity index (χ0n) is 13.2. The van der Waals surface area contributed by atoms with Crippen molar-refractivity contribution >= 4 is 23.5 Å². The van der Waals surface area contributed by atoms with Crippen LogP contribution in [-0.2, 0) is 0 Å². The van der Waals surface area contributed by atoms with E-state index in [1.165, 1.54) is 6.07 Å². The Labute approximate surface area is 139 Å². The van der Waals surface area contributed by atoms with E-state index in [-0.39, 0.29) is 17.2 Å². The number of benzene rings is 2. The third-order valence-electron chi connectivity index (χ3n) is 3.95. The van der Waals surface area contributed by atoms with Crippen molar-refractivity contribution in [2.45, 2.75) is 19.2 Å². The van der Waals surface area contributed by atoms with Crippen molar-refractivity contribution in [3.8, 4) is 0 Å². The van der Waals surface area contributed by atoms with Gasteiger partial charge in [0.15, 0.2) is 0 Å². The van der Waals surface area contributed by atoms with E-state index in [4.69, 9.17) is 0 Å². The Morgan fingerprint density at radius 3 is 2.78 bits per heavy atom. The Bertz CT molecular complexity index is 735. The normalized spacial score (nSPS) is 17.3. The van der Waals surface area contributed by atoms with E-state index < -0.39 is 0 Å². The molecular formula is C18H19FN2OS. The van der Waals surface area contributed by atoms with Gasteiger partial charge in [-0.05, 0) is 31.5 Å². The van der Waals surface area contributed by atoms with Gasteiger partial charge in [0, 0.05) is 23.5 Å². The molecule has 0 aromatic heterocycles. The Kier molecular flexibility index (Phi) is 4.57. The molecule has 1 saturated heterocycles. The molecule has 1 N–H and O–H groups in total. The van der Waals surface area contributed by atoms with Crippen LogP contribution in [-0.4, -0.2) is 23.2 Å². The van der Waals surface area contributed by atoms with Crippen molar-refractivity contribution in [1.82, 2.24) is 4.90 Å². The summed E-state index contributed by atoms with van der Waals surface area (Å²) in [6.45, 7) is 4.60. The number of carbonyl (C=O) groups is 1. The lowest BCUT2D eigenvalue weighted by atomic mass is 10.1. The summed E-state index contributed by atoms with van der Waals surface area (Å²) in [5.74, 6) is 0.537. The fraction of sp³-hybridized carbons (Fsp3) is 0.278. The van der Waals surface area contributed by atoms with Crippen LogP contribution in [0, 0.1) is 19.7 Å². The van der Waals surface area contributed by atoms with Gasteiger partial charge in [-0.15, -0.1) is 11.8 Å². The maximum atomic E-state index is 14.0. The average Bonchev–Trinajstić information content (AvgIpc) is 3.00. The Hall–Kier alpha value is -2.01.